The van der Waals surface area contributed by atoms with E-state index in [4.69, 9.17) is 4.74 Å². The van der Waals surface area contributed by atoms with Gasteiger partial charge in [0.25, 0.3) is 0 Å². The number of fused-ring (bicyclic) bond motifs is 1. The van der Waals surface area contributed by atoms with Crippen LogP contribution in [0, 0.1) is 5.92 Å². The fourth-order valence-electron chi connectivity index (χ4n) is 3.70. The van der Waals surface area contributed by atoms with Gasteiger partial charge in [-0.15, -0.1) is 0 Å². The minimum Gasteiger partial charge on any atom is -0.469 e. The zero-order chi connectivity index (χ0) is 21.9. The average Bonchev–Trinajstić information content (AvgIpc) is 3.08. The van der Waals surface area contributed by atoms with Crippen LogP contribution in [-0.2, 0) is 33.3 Å². The summed E-state index contributed by atoms with van der Waals surface area (Å²) in [5.74, 6) is -1.09. The summed E-state index contributed by atoms with van der Waals surface area (Å²) >= 11 is 0. The smallest absolute Gasteiger partial charge is 0.416 e. The molecule has 1 aromatic carbocycles. The molecule has 0 fully saturated rings. The van der Waals surface area contributed by atoms with E-state index in [9.17, 15) is 22.8 Å². The molecule has 1 atom stereocenters. The van der Waals surface area contributed by atoms with E-state index >= 15 is 0 Å². The number of hydrogen-bond donors (Lipinski definition) is 2. The van der Waals surface area contributed by atoms with Gasteiger partial charge < -0.3 is 15.0 Å². The predicted molar refractivity (Wildman–Crippen MR) is 107 cm³/mol. The zero-order valence-electron chi connectivity index (χ0n) is 16.7. The number of esters is 1. The molecule has 1 amide bonds. The second kappa shape index (κ2) is 8.77. The lowest BCUT2D eigenvalue weighted by Gasteiger charge is -2.20. The summed E-state index contributed by atoms with van der Waals surface area (Å²) in [4.78, 5) is 26.9. The lowest BCUT2D eigenvalue weighted by atomic mass is 9.87. The number of rotatable bonds is 6. The van der Waals surface area contributed by atoms with Crippen LogP contribution in [0.3, 0.4) is 0 Å². The van der Waals surface area contributed by atoms with Crippen molar-refractivity contribution < 1.29 is 27.5 Å². The van der Waals surface area contributed by atoms with E-state index in [1.54, 1.807) is 6.20 Å². The van der Waals surface area contributed by atoms with Gasteiger partial charge in [0.05, 0.1) is 24.3 Å². The zero-order valence-corrected chi connectivity index (χ0v) is 16.7. The number of carbonyl (C=O) groups is 2. The molecule has 8 heteroatoms. The molecule has 0 bridgehead atoms. The quantitative estimate of drug-likeness (QED) is 0.663. The Hall–Kier alpha value is -3.03. The van der Waals surface area contributed by atoms with Crippen molar-refractivity contribution in [1.82, 2.24) is 4.98 Å². The number of alkyl halides is 3. The van der Waals surface area contributed by atoms with Crippen molar-refractivity contribution in [2.24, 2.45) is 5.92 Å². The van der Waals surface area contributed by atoms with Gasteiger partial charge in [-0.3, -0.25) is 9.59 Å². The predicted octanol–water partition coefficient (Wildman–Crippen LogP) is 4.74. The van der Waals surface area contributed by atoms with E-state index in [0.717, 1.165) is 41.8 Å². The summed E-state index contributed by atoms with van der Waals surface area (Å²) in [5, 5.41) is 2.78. The number of carbonyl (C=O) groups excluding carboxylic acids is 2. The summed E-state index contributed by atoms with van der Waals surface area (Å²) in [6, 6.07) is 4.84. The number of hydrogen-bond acceptors (Lipinski definition) is 3. The minimum atomic E-state index is -4.40. The van der Waals surface area contributed by atoms with Crippen molar-refractivity contribution in [1.29, 1.82) is 0 Å². The highest BCUT2D eigenvalue weighted by atomic mass is 19.4. The Balaban J connectivity index is 1.78. The van der Waals surface area contributed by atoms with Crippen molar-refractivity contribution in [2.75, 3.05) is 12.4 Å². The molecule has 1 aliphatic rings. The Labute approximate surface area is 172 Å². The molecule has 1 heterocycles. The lowest BCUT2D eigenvalue weighted by Crippen LogP contribution is -2.20. The Bertz CT molecular complexity index is 959. The number of aromatic amines is 1. The molecular weight excluding hydrogens is 397 g/mol. The van der Waals surface area contributed by atoms with Gasteiger partial charge in [0.15, 0.2) is 0 Å². The van der Waals surface area contributed by atoms with Crippen LogP contribution < -0.4 is 5.32 Å². The van der Waals surface area contributed by atoms with Crippen LogP contribution in [-0.4, -0.2) is 24.0 Å². The van der Waals surface area contributed by atoms with Gasteiger partial charge in [-0.05, 0) is 43.4 Å². The first-order chi connectivity index (χ1) is 14.2. The number of nitrogens with one attached hydrogen (secondary N) is 2. The number of amides is 1. The highest BCUT2D eigenvalue weighted by molar-refractivity contribution is 5.92. The third-order valence-electron chi connectivity index (χ3n) is 5.17. The molecule has 160 valence electrons. The monoisotopic (exact) mass is 420 g/mol. The molecule has 30 heavy (non-hydrogen) atoms. The number of aryl methyl sites for hydroxylation is 1. The van der Waals surface area contributed by atoms with Crippen molar-refractivity contribution in [2.45, 2.75) is 38.8 Å². The van der Waals surface area contributed by atoms with Gasteiger partial charge in [0, 0.05) is 24.4 Å². The summed E-state index contributed by atoms with van der Waals surface area (Å²) in [6.07, 6.45) is 1.50. The summed E-state index contributed by atoms with van der Waals surface area (Å²) in [6.45, 7) is 1.43. The molecule has 5 nitrogen and oxygen atoms in total. The molecule has 2 aromatic rings. The molecule has 2 N–H and O–H groups in total. The fourth-order valence-corrected chi connectivity index (χ4v) is 3.70. The van der Waals surface area contributed by atoms with Crippen LogP contribution in [0.15, 0.2) is 36.0 Å². The Morgan fingerprint density at radius 2 is 1.87 bits per heavy atom. The van der Waals surface area contributed by atoms with E-state index < -0.39 is 23.6 Å². The maximum Gasteiger partial charge on any atom is 0.416 e. The first-order valence-corrected chi connectivity index (χ1v) is 9.58. The lowest BCUT2D eigenvalue weighted by molar-refractivity contribution is -0.145. The van der Waals surface area contributed by atoms with Gasteiger partial charge in [-0.2, -0.15) is 13.2 Å². The Morgan fingerprint density at radius 1 is 1.17 bits per heavy atom. The Morgan fingerprint density at radius 3 is 2.47 bits per heavy atom. The van der Waals surface area contributed by atoms with Gasteiger partial charge in [-0.1, -0.05) is 23.8 Å². The molecule has 0 saturated carbocycles. The van der Waals surface area contributed by atoms with Crippen LogP contribution in [0.5, 0.6) is 0 Å². The number of halogens is 3. The standard InChI is InChI=1S/C22H23F3N2O3/c1-13(28)27-20-12-26-19-8-5-15(11-18(19)20)10-16(21(29)30-2)9-14-3-6-17(7-4-14)22(23,24)25/h3-4,6-7,11-12,16,26H,5,8-10H2,1-2H3,(H,27,28). The minimum absolute atomic E-state index is 0.174. The molecule has 0 aliphatic heterocycles. The van der Waals surface area contributed by atoms with Crippen molar-refractivity contribution in [3.8, 4) is 0 Å². The van der Waals surface area contributed by atoms with E-state index in [-0.39, 0.29) is 12.3 Å². The van der Waals surface area contributed by atoms with Crippen LogP contribution in [0.4, 0.5) is 18.9 Å². The summed E-state index contributed by atoms with van der Waals surface area (Å²) < 4.78 is 43.2. The first kappa shape index (κ1) is 21.7. The number of ether oxygens (including phenoxy) is 1. The average molecular weight is 420 g/mol. The number of anilines is 1. The highest BCUT2D eigenvalue weighted by Crippen LogP contribution is 2.34. The van der Waals surface area contributed by atoms with Gasteiger partial charge >= 0.3 is 12.1 Å². The number of allylic oxidation sites excluding steroid dienone is 1. The normalized spacial score (nSPS) is 14.5. The third-order valence-corrected chi connectivity index (χ3v) is 5.17. The number of benzene rings is 1. The van der Waals surface area contributed by atoms with Crippen molar-refractivity contribution in [3.05, 3.63) is 58.4 Å². The van der Waals surface area contributed by atoms with E-state index in [2.05, 4.69) is 10.3 Å². The van der Waals surface area contributed by atoms with Crippen molar-refractivity contribution >= 4 is 23.6 Å². The highest BCUT2D eigenvalue weighted by Gasteiger charge is 2.30. The first-order valence-electron chi connectivity index (χ1n) is 9.58. The van der Waals surface area contributed by atoms with Crippen LogP contribution in [0.1, 0.15) is 42.1 Å². The molecule has 1 unspecified atom stereocenters. The van der Waals surface area contributed by atoms with Gasteiger partial charge in [0.1, 0.15) is 0 Å². The van der Waals surface area contributed by atoms with Gasteiger partial charge in [-0.25, -0.2) is 0 Å². The topological polar surface area (TPSA) is 71.2 Å². The maximum absolute atomic E-state index is 12.8. The number of H-pyrrole nitrogens is 1. The second-order valence-electron chi connectivity index (χ2n) is 7.40. The molecule has 0 spiro atoms. The SMILES string of the molecule is COC(=O)C(CC1=Cc2c(NC(C)=O)c[nH]c2CC1)Cc1ccc(C(F)(F)F)cc1. The number of aromatic nitrogens is 1. The molecular formula is C22H23F3N2O3. The molecule has 1 aromatic heterocycles. The van der Waals surface area contributed by atoms with Crippen LogP contribution in [0.2, 0.25) is 0 Å². The van der Waals surface area contributed by atoms with Crippen molar-refractivity contribution in [3.63, 3.8) is 0 Å². The third kappa shape index (κ3) is 5.11. The van der Waals surface area contributed by atoms with Crippen LogP contribution >= 0.6 is 0 Å². The Kier molecular flexibility index (Phi) is 6.34. The molecule has 0 radical (unpaired) electrons. The van der Waals surface area contributed by atoms with E-state index in [1.807, 2.05) is 6.08 Å². The fraction of sp³-hybridized carbons (Fsp3) is 0.364. The summed E-state index contributed by atoms with van der Waals surface area (Å²) in [7, 11) is 1.30. The van der Waals surface area contributed by atoms with E-state index in [1.165, 1.54) is 26.2 Å². The molecule has 1 aliphatic carbocycles. The van der Waals surface area contributed by atoms with Crippen LogP contribution in [0.25, 0.3) is 6.08 Å². The van der Waals surface area contributed by atoms with E-state index in [0.29, 0.717) is 17.7 Å². The maximum atomic E-state index is 12.8. The number of methoxy groups -OCH3 is 1. The molecule has 0 saturated heterocycles. The van der Waals surface area contributed by atoms with Gasteiger partial charge in [0.2, 0.25) is 5.91 Å². The second-order valence-corrected chi connectivity index (χ2v) is 7.40. The largest absolute Gasteiger partial charge is 0.469 e. The molecule has 3 rings (SSSR count). The summed E-state index contributed by atoms with van der Waals surface area (Å²) in [5.41, 5.74) is 3.53.